The van der Waals surface area contributed by atoms with Gasteiger partial charge in [-0.25, -0.2) is 0 Å². The third-order valence-electron chi connectivity index (χ3n) is 5.95. The Kier molecular flexibility index (Phi) is 5.26. The summed E-state index contributed by atoms with van der Waals surface area (Å²) in [4.78, 5) is 6.54. The monoisotopic (exact) mass is 407 g/mol. The number of hydrogen-bond donors (Lipinski definition) is 1. The second kappa shape index (κ2) is 7.58. The Bertz CT molecular complexity index is 957. The number of rotatable bonds is 5. The molecule has 3 aromatic rings. The largest absolute Gasteiger partial charge is 0.390 e. The fraction of sp³-hybridized carbons (Fsp3) is 0.280. The van der Waals surface area contributed by atoms with Crippen molar-refractivity contribution in [2.45, 2.75) is 44.1 Å². The molecular formula is C25H26ClNO2. The van der Waals surface area contributed by atoms with Crippen LogP contribution in [0.1, 0.15) is 43.5 Å². The van der Waals surface area contributed by atoms with Crippen LogP contribution in [0.3, 0.4) is 0 Å². The van der Waals surface area contributed by atoms with Crippen LogP contribution >= 0.6 is 11.6 Å². The van der Waals surface area contributed by atoms with Crippen molar-refractivity contribution in [1.82, 2.24) is 5.06 Å². The molecule has 0 aromatic heterocycles. The third-order valence-corrected chi connectivity index (χ3v) is 6.20. The van der Waals surface area contributed by atoms with Crippen LogP contribution < -0.4 is 0 Å². The Labute approximate surface area is 177 Å². The van der Waals surface area contributed by atoms with E-state index < -0.39 is 17.2 Å². The predicted molar refractivity (Wildman–Crippen MR) is 116 cm³/mol. The maximum absolute atomic E-state index is 10.9. The Hall–Kier alpha value is -2.17. The maximum Gasteiger partial charge on any atom is 0.162 e. The number of hydrogen-bond acceptors (Lipinski definition) is 3. The van der Waals surface area contributed by atoms with E-state index in [1.165, 1.54) is 0 Å². The van der Waals surface area contributed by atoms with Crippen molar-refractivity contribution >= 4 is 11.6 Å². The van der Waals surface area contributed by atoms with Gasteiger partial charge in [0.15, 0.2) is 5.60 Å². The van der Waals surface area contributed by atoms with Gasteiger partial charge in [0.05, 0.1) is 17.7 Å². The highest BCUT2D eigenvalue weighted by Gasteiger charge is 2.63. The molecule has 1 aliphatic rings. The normalized spacial score (nSPS) is 23.4. The number of benzene rings is 3. The van der Waals surface area contributed by atoms with Crippen LogP contribution in [0.15, 0.2) is 84.9 Å². The van der Waals surface area contributed by atoms with Crippen molar-refractivity contribution in [3.8, 4) is 0 Å². The summed E-state index contributed by atoms with van der Waals surface area (Å²) >= 11 is 6.16. The van der Waals surface area contributed by atoms with E-state index in [9.17, 15) is 5.11 Å². The lowest BCUT2D eigenvalue weighted by molar-refractivity contribution is -0.457. The molecule has 1 aliphatic heterocycles. The van der Waals surface area contributed by atoms with E-state index in [-0.39, 0.29) is 6.04 Å². The Morgan fingerprint density at radius 3 is 2.03 bits per heavy atom. The smallest absolute Gasteiger partial charge is 0.162 e. The summed E-state index contributed by atoms with van der Waals surface area (Å²) in [7, 11) is 0. The van der Waals surface area contributed by atoms with E-state index in [1.807, 2.05) is 77.9 Å². The topological polar surface area (TPSA) is 32.7 Å². The predicted octanol–water partition coefficient (Wildman–Crippen LogP) is 5.84. The van der Waals surface area contributed by atoms with E-state index in [0.29, 0.717) is 5.02 Å². The molecule has 150 valence electrons. The van der Waals surface area contributed by atoms with Crippen molar-refractivity contribution < 1.29 is 9.94 Å². The molecule has 3 nitrogen and oxygen atoms in total. The summed E-state index contributed by atoms with van der Waals surface area (Å²) in [5.41, 5.74) is 1.87. The molecule has 3 aromatic carbocycles. The molecular weight excluding hydrogens is 382 g/mol. The molecule has 0 radical (unpaired) electrons. The van der Waals surface area contributed by atoms with Gasteiger partial charge in [-0.05, 0) is 49.6 Å². The SMILES string of the molecule is C[C@@H](O)[C@]1(c2ccccc2)ON(C(C)(C)c2ccccc2)[C@H]1c1ccc(Cl)cc1. The Morgan fingerprint density at radius 2 is 1.48 bits per heavy atom. The van der Waals surface area contributed by atoms with Crippen LogP contribution in [-0.2, 0) is 16.0 Å². The van der Waals surface area contributed by atoms with Crippen molar-refractivity contribution in [1.29, 1.82) is 0 Å². The average molecular weight is 408 g/mol. The minimum atomic E-state index is -0.874. The minimum Gasteiger partial charge on any atom is -0.390 e. The van der Waals surface area contributed by atoms with E-state index in [2.05, 4.69) is 26.0 Å². The second-order valence-corrected chi connectivity index (χ2v) is 8.57. The Morgan fingerprint density at radius 1 is 0.931 bits per heavy atom. The second-order valence-electron chi connectivity index (χ2n) is 8.13. The van der Waals surface area contributed by atoms with Gasteiger partial charge in [-0.2, -0.15) is 5.06 Å². The molecule has 0 unspecified atom stereocenters. The van der Waals surface area contributed by atoms with Crippen molar-refractivity contribution in [3.05, 3.63) is 107 Å². The molecule has 1 N–H and O–H groups in total. The molecule has 1 heterocycles. The van der Waals surface area contributed by atoms with Gasteiger partial charge in [0, 0.05) is 5.02 Å². The highest BCUT2D eigenvalue weighted by atomic mass is 35.5. The standard InChI is InChI=1S/C25H26ClNO2/c1-18(28)25(21-12-8-5-9-13-21)23(19-14-16-22(26)17-15-19)27(29-25)24(2,3)20-10-6-4-7-11-20/h4-18,23,28H,1-3H3/t18-,23+,25-/m1/s1. The molecule has 4 rings (SSSR count). The van der Waals surface area contributed by atoms with Crippen molar-refractivity contribution in [3.63, 3.8) is 0 Å². The molecule has 29 heavy (non-hydrogen) atoms. The van der Waals surface area contributed by atoms with Gasteiger partial charge in [0.1, 0.15) is 0 Å². The number of aliphatic hydroxyl groups excluding tert-OH is 1. The van der Waals surface area contributed by atoms with E-state index >= 15 is 0 Å². The molecule has 1 saturated heterocycles. The highest BCUT2D eigenvalue weighted by Crippen LogP contribution is 2.58. The van der Waals surface area contributed by atoms with E-state index in [4.69, 9.17) is 16.4 Å². The minimum absolute atomic E-state index is 0.183. The van der Waals surface area contributed by atoms with Crippen molar-refractivity contribution in [2.75, 3.05) is 0 Å². The van der Waals surface area contributed by atoms with Gasteiger partial charge in [-0.15, -0.1) is 0 Å². The van der Waals surface area contributed by atoms with Crippen LogP contribution in [0.2, 0.25) is 5.02 Å². The lowest BCUT2D eigenvalue weighted by Gasteiger charge is -2.62. The van der Waals surface area contributed by atoms with Gasteiger partial charge in [-0.3, -0.25) is 4.84 Å². The summed E-state index contributed by atoms with van der Waals surface area (Å²) in [6.45, 7) is 6.08. The third kappa shape index (κ3) is 3.28. The fourth-order valence-corrected chi connectivity index (χ4v) is 4.41. The lowest BCUT2D eigenvalue weighted by atomic mass is 9.74. The number of halogens is 1. The highest BCUT2D eigenvalue weighted by molar-refractivity contribution is 6.30. The summed E-state index contributed by atoms with van der Waals surface area (Å²) in [5, 5.41) is 13.6. The van der Waals surface area contributed by atoms with Gasteiger partial charge < -0.3 is 5.11 Å². The lowest BCUT2D eigenvalue weighted by Crippen LogP contribution is -2.68. The number of hydroxylamine groups is 2. The van der Waals surface area contributed by atoms with Gasteiger partial charge >= 0.3 is 0 Å². The van der Waals surface area contributed by atoms with E-state index in [1.54, 1.807) is 6.92 Å². The maximum atomic E-state index is 10.9. The molecule has 0 saturated carbocycles. The first-order chi connectivity index (χ1) is 13.9. The number of aliphatic hydroxyl groups is 1. The molecule has 0 aliphatic carbocycles. The van der Waals surface area contributed by atoms with Crippen LogP contribution in [0, 0.1) is 0 Å². The molecule has 3 atom stereocenters. The quantitative estimate of drug-likeness (QED) is 0.576. The first-order valence-corrected chi connectivity index (χ1v) is 10.3. The first kappa shape index (κ1) is 20.1. The van der Waals surface area contributed by atoms with Gasteiger partial charge in [0.2, 0.25) is 0 Å². The Balaban J connectivity index is 1.85. The first-order valence-electron chi connectivity index (χ1n) is 9.90. The average Bonchev–Trinajstić information content (AvgIpc) is 2.70. The zero-order valence-corrected chi connectivity index (χ0v) is 17.7. The van der Waals surface area contributed by atoms with Crippen LogP contribution in [0.25, 0.3) is 0 Å². The summed E-state index contributed by atoms with van der Waals surface area (Å²) in [6.07, 6.45) is -0.714. The number of nitrogens with zero attached hydrogens (tertiary/aromatic N) is 1. The van der Waals surface area contributed by atoms with Gasteiger partial charge in [-0.1, -0.05) is 84.4 Å². The van der Waals surface area contributed by atoms with Crippen LogP contribution in [0.5, 0.6) is 0 Å². The molecule has 0 amide bonds. The summed E-state index contributed by atoms with van der Waals surface area (Å²) < 4.78 is 0. The zero-order chi connectivity index (χ0) is 20.6. The fourth-order valence-electron chi connectivity index (χ4n) is 4.28. The van der Waals surface area contributed by atoms with Crippen LogP contribution in [-0.4, -0.2) is 16.3 Å². The molecule has 4 heteroatoms. The summed E-state index contributed by atoms with van der Waals surface area (Å²) in [5.74, 6) is 0. The molecule has 0 bridgehead atoms. The molecule has 1 fully saturated rings. The summed E-state index contributed by atoms with van der Waals surface area (Å²) in [6, 6.07) is 27.9. The van der Waals surface area contributed by atoms with Gasteiger partial charge in [0.25, 0.3) is 0 Å². The van der Waals surface area contributed by atoms with Crippen molar-refractivity contribution in [2.24, 2.45) is 0 Å². The molecule has 0 spiro atoms. The van der Waals surface area contributed by atoms with Crippen LogP contribution in [0.4, 0.5) is 0 Å². The zero-order valence-electron chi connectivity index (χ0n) is 16.9. The van der Waals surface area contributed by atoms with E-state index in [0.717, 1.165) is 16.7 Å².